The van der Waals surface area contributed by atoms with E-state index in [0.29, 0.717) is 13.1 Å². The molecule has 1 amide bonds. The summed E-state index contributed by atoms with van der Waals surface area (Å²) in [6.45, 7) is 12.0. The number of ether oxygens (including phenoxy) is 1. The molecule has 130 valence electrons. The molecule has 1 atom stereocenters. The minimum atomic E-state index is 0.0632. The summed E-state index contributed by atoms with van der Waals surface area (Å²) in [5, 5.41) is 3.06. The van der Waals surface area contributed by atoms with Crippen molar-refractivity contribution >= 4 is 5.91 Å². The first-order valence-corrected chi connectivity index (χ1v) is 8.51. The first-order chi connectivity index (χ1) is 11.1. The highest BCUT2D eigenvalue weighted by molar-refractivity contribution is 5.78. The summed E-state index contributed by atoms with van der Waals surface area (Å²) in [7, 11) is 0. The minimum Gasteiger partial charge on any atom is -0.465 e. The van der Waals surface area contributed by atoms with E-state index < -0.39 is 0 Å². The van der Waals surface area contributed by atoms with E-state index in [0.717, 1.165) is 50.9 Å². The molecule has 1 aromatic rings. The lowest BCUT2D eigenvalue weighted by molar-refractivity contribution is -0.122. The van der Waals surface area contributed by atoms with Crippen LogP contribution in [0.25, 0.3) is 0 Å². The minimum absolute atomic E-state index is 0.0632. The summed E-state index contributed by atoms with van der Waals surface area (Å²) in [6, 6.07) is 4.04. The predicted molar refractivity (Wildman–Crippen MR) is 89.4 cm³/mol. The maximum absolute atomic E-state index is 12.2. The second-order valence-electron chi connectivity index (χ2n) is 5.88. The number of aryl methyl sites for hydroxylation is 1. The third-order valence-corrected chi connectivity index (χ3v) is 4.33. The summed E-state index contributed by atoms with van der Waals surface area (Å²) in [5.74, 6) is 1.87. The van der Waals surface area contributed by atoms with Crippen LogP contribution in [0.3, 0.4) is 0 Å². The van der Waals surface area contributed by atoms with Gasteiger partial charge in [-0.2, -0.15) is 0 Å². The zero-order valence-electron chi connectivity index (χ0n) is 14.5. The van der Waals surface area contributed by atoms with Crippen molar-refractivity contribution in [1.29, 1.82) is 0 Å². The Kier molecular flexibility index (Phi) is 7.08. The van der Waals surface area contributed by atoms with Crippen molar-refractivity contribution in [3.8, 4) is 0 Å². The van der Waals surface area contributed by atoms with Crippen molar-refractivity contribution < 1.29 is 13.9 Å². The van der Waals surface area contributed by atoms with E-state index in [4.69, 9.17) is 9.15 Å². The molecule has 1 aromatic heterocycles. The molecule has 0 radical (unpaired) electrons. The van der Waals surface area contributed by atoms with Gasteiger partial charge in [-0.25, -0.2) is 0 Å². The fourth-order valence-electron chi connectivity index (χ4n) is 2.85. The van der Waals surface area contributed by atoms with Crippen molar-refractivity contribution in [3.05, 3.63) is 23.7 Å². The third kappa shape index (κ3) is 5.34. The molecule has 6 heteroatoms. The quantitative estimate of drug-likeness (QED) is 0.784. The van der Waals surface area contributed by atoms with E-state index in [-0.39, 0.29) is 11.9 Å². The van der Waals surface area contributed by atoms with Crippen LogP contribution in [0.4, 0.5) is 0 Å². The van der Waals surface area contributed by atoms with Gasteiger partial charge in [0.15, 0.2) is 0 Å². The fraction of sp³-hybridized carbons (Fsp3) is 0.706. The van der Waals surface area contributed by atoms with Crippen molar-refractivity contribution in [2.45, 2.75) is 26.8 Å². The number of morpholine rings is 1. The number of nitrogens with zero attached hydrogens (tertiary/aromatic N) is 2. The number of furan rings is 1. The predicted octanol–water partition coefficient (Wildman–Crippen LogP) is 1.42. The van der Waals surface area contributed by atoms with Crippen LogP contribution in [0.15, 0.2) is 16.5 Å². The molecule has 2 heterocycles. The SMILES string of the molecule is CCN(CC)CC(=O)NC[C@H](c1ccc(C)o1)N1CCOCC1. The van der Waals surface area contributed by atoms with Gasteiger partial charge in [-0.05, 0) is 32.1 Å². The number of hydrogen-bond acceptors (Lipinski definition) is 5. The number of amides is 1. The molecule has 1 saturated heterocycles. The maximum Gasteiger partial charge on any atom is 0.234 e. The van der Waals surface area contributed by atoms with E-state index >= 15 is 0 Å². The van der Waals surface area contributed by atoms with Crippen molar-refractivity contribution in [2.75, 3.05) is 52.5 Å². The van der Waals surface area contributed by atoms with E-state index in [9.17, 15) is 4.79 Å². The van der Waals surface area contributed by atoms with E-state index in [1.165, 1.54) is 0 Å². The van der Waals surface area contributed by atoms with E-state index in [2.05, 4.69) is 29.0 Å². The van der Waals surface area contributed by atoms with Gasteiger partial charge in [0, 0.05) is 19.6 Å². The lowest BCUT2D eigenvalue weighted by Crippen LogP contribution is -2.45. The summed E-state index contributed by atoms with van der Waals surface area (Å²) in [4.78, 5) is 16.6. The Morgan fingerprint density at radius 2 is 2.00 bits per heavy atom. The summed E-state index contributed by atoms with van der Waals surface area (Å²) >= 11 is 0. The maximum atomic E-state index is 12.2. The molecule has 23 heavy (non-hydrogen) atoms. The van der Waals surface area contributed by atoms with Crippen molar-refractivity contribution in [3.63, 3.8) is 0 Å². The standard InChI is InChI=1S/C17H29N3O3/c1-4-19(5-2)13-17(21)18-12-15(16-7-6-14(3)23-16)20-8-10-22-11-9-20/h6-7,15H,4-5,8-13H2,1-3H3,(H,18,21)/t15-/m1/s1. The molecule has 1 N–H and O–H groups in total. The molecule has 1 fully saturated rings. The van der Waals surface area contributed by atoms with Crippen LogP contribution < -0.4 is 5.32 Å². The second-order valence-corrected chi connectivity index (χ2v) is 5.88. The lowest BCUT2D eigenvalue weighted by atomic mass is 10.1. The fourth-order valence-corrected chi connectivity index (χ4v) is 2.85. The Labute approximate surface area is 138 Å². The molecule has 1 aliphatic rings. The van der Waals surface area contributed by atoms with Crippen LogP contribution >= 0.6 is 0 Å². The Bertz CT molecular complexity index is 479. The van der Waals surface area contributed by atoms with Crippen LogP contribution in [0, 0.1) is 6.92 Å². The van der Waals surface area contributed by atoms with E-state index in [1.54, 1.807) is 0 Å². The molecule has 0 aliphatic carbocycles. The smallest absolute Gasteiger partial charge is 0.234 e. The molecule has 0 saturated carbocycles. The number of rotatable bonds is 8. The summed E-state index contributed by atoms with van der Waals surface area (Å²) in [5.41, 5.74) is 0. The van der Waals surface area contributed by atoms with Gasteiger partial charge >= 0.3 is 0 Å². The Hall–Kier alpha value is -1.37. The van der Waals surface area contributed by atoms with Gasteiger partial charge in [-0.15, -0.1) is 0 Å². The van der Waals surface area contributed by atoms with Gasteiger partial charge in [0.1, 0.15) is 11.5 Å². The summed E-state index contributed by atoms with van der Waals surface area (Å²) < 4.78 is 11.2. The highest BCUT2D eigenvalue weighted by Gasteiger charge is 2.25. The van der Waals surface area contributed by atoms with Gasteiger partial charge in [0.05, 0.1) is 25.8 Å². The summed E-state index contributed by atoms with van der Waals surface area (Å²) in [6.07, 6.45) is 0. The number of carbonyl (C=O) groups excluding carboxylic acids is 1. The van der Waals surface area contributed by atoms with Gasteiger partial charge in [-0.1, -0.05) is 13.8 Å². The zero-order chi connectivity index (χ0) is 16.7. The molecule has 2 rings (SSSR count). The number of carbonyl (C=O) groups is 1. The Morgan fingerprint density at radius 1 is 1.30 bits per heavy atom. The molecular formula is C17H29N3O3. The second kappa shape index (κ2) is 9.05. The van der Waals surface area contributed by atoms with Crippen molar-refractivity contribution in [1.82, 2.24) is 15.1 Å². The van der Waals surface area contributed by atoms with Crippen LogP contribution in [-0.2, 0) is 9.53 Å². The van der Waals surface area contributed by atoms with Crippen molar-refractivity contribution in [2.24, 2.45) is 0 Å². The first-order valence-electron chi connectivity index (χ1n) is 8.51. The number of nitrogens with one attached hydrogen (secondary N) is 1. The van der Waals surface area contributed by atoms with E-state index in [1.807, 2.05) is 19.1 Å². The third-order valence-electron chi connectivity index (χ3n) is 4.33. The Balaban J connectivity index is 1.96. The van der Waals surface area contributed by atoms with Gasteiger partial charge in [0.25, 0.3) is 0 Å². The highest BCUT2D eigenvalue weighted by atomic mass is 16.5. The molecule has 0 bridgehead atoms. The van der Waals surface area contributed by atoms with Gasteiger partial charge < -0.3 is 14.5 Å². The Morgan fingerprint density at radius 3 is 2.57 bits per heavy atom. The first kappa shape index (κ1) is 18.0. The molecule has 1 aliphatic heterocycles. The van der Waals surface area contributed by atoms with Crippen LogP contribution in [0.1, 0.15) is 31.4 Å². The normalized spacial score (nSPS) is 17.4. The average Bonchev–Trinajstić information content (AvgIpc) is 3.00. The van der Waals surface area contributed by atoms with Crippen LogP contribution in [0.5, 0.6) is 0 Å². The molecule has 0 unspecified atom stereocenters. The number of hydrogen-bond donors (Lipinski definition) is 1. The van der Waals surface area contributed by atoms with Crippen LogP contribution in [0.2, 0.25) is 0 Å². The lowest BCUT2D eigenvalue weighted by Gasteiger charge is -2.33. The topological polar surface area (TPSA) is 58.0 Å². The molecular weight excluding hydrogens is 294 g/mol. The number of likely N-dealkylation sites (N-methyl/N-ethyl adjacent to an activating group) is 1. The van der Waals surface area contributed by atoms with Gasteiger partial charge in [-0.3, -0.25) is 14.6 Å². The average molecular weight is 323 g/mol. The van der Waals surface area contributed by atoms with Gasteiger partial charge in [0.2, 0.25) is 5.91 Å². The molecule has 0 spiro atoms. The zero-order valence-corrected chi connectivity index (χ0v) is 14.5. The largest absolute Gasteiger partial charge is 0.465 e. The molecule has 6 nitrogen and oxygen atoms in total. The van der Waals surface area contributed by atoms with Crippen LogP contribution in [-0.4, -0.2) is 68.2 Å². The highest BCUT2D eigenvalue weighted by Crippen LogP contribution is 2.23. The molecule has 0 aromatic carbocycles. The monoisotopic (exact) mass is 323 g/mol.